The lowest BCUT2D eigenvalue weighted by Gasteiger charge is -2.50. The quantitative estimate of drug-likeness (QED) is 0.500. The number of carbonyl (C=O) groups is 1. The minimum Gasteiger partial charge on any atom is -0.544 e. The number of fused-ring (bicyclic) bond motifs is 5. The van der Waals surface area contributed by atoms with E-state index in [4.69, 9.17) is 8.85 Å². The zero-order chi connectivity index (χ0) is 21.2. The second-order valence-electron chi connectivity index (χ2n) is 11.8. The smallest absolute Gasteiger partial charge is 0.242 e. The van der Waals surface area contributed by atoms with Crippen molar-refractivity contribution in [2.24, 2.45) is 17.3 Å². The topological polar surface area (TPSA) is 35.5 Å². The lowest BCUT2D eigenvalue weighted by atomic mass is 9.55. The molecule has 3 aliphatic carbocycles. The Hall–Kier alpha value is -0.916. The summed E-state index contributed by atoms with van der Waals surface area (Å²) in [5.41, 5.74) is 2.73. The second kappa shape index (κ2) is 7.06. The molecule has 0 heterocycles. The molecular weight excluding hydrogens is 392 g/mol. The maximum absolute atomic E-state index is 12.7. The molecule has 0 radical (unpaired) electrons. The maximum Gasteiger partial charge on any atom is 0.242 e. The van der Waals surface area contributed by atoms with Gasteiger partial charge in [0.25, 0.3) is 0 Å². The third-order valence-electron chi connectivity index (χ3n) is 7.36. The van der Waals surface area contributed by atoms with Gasteiger partial charge in [-0.3, -0.25) is 4.79 Å². The first-order valence-corrected chi connectivity index (χ1v) is 18.2. The number of hydrogen-bond donors (Lipinski definition) is 0. The third-order valence-corrected chi connectivity index (χ3v) is 9.20. The van der Waals surface area contributed by atoms with Gasteiger partial charge in [0, 0.05) is 11.8 Å². The fraction of sp³-hybridized carbons (Fsp3) is 0.708. The highest BCUT2D eigenvalue weighted by molar-refractivity contribution is 6.70. The minimum absolute atomic E-state index is 0.0940. The summed E-state index contributed by atoms with van der Waals surface area (Å²) in [7, 11) is -3.35. The summed E-state index contributed by atoms with van der Waals surface area (Å²) in [5, 5.41) is 0. The van der Waals surface area contributed by atoms with Crippen molar-refractivity contribution in [2.75, 3.05) is 0 Å². The molecule has 29 heavy (non-hydrogen) atoms. The van der Waals surface area contributed by atoms with Gasteiger partial charge in [0.2, 0.25) is 8.32 Å². The van der Waals surface area contributed by atoms with E-state index in [-0.39, 0.29) is 11.5 Å². The van der Waals surface area contributed by atoms with Gasteiger partial charge in [0.15, 0.2) is 8.32 Å². The van der Waals surface area contributed by atoms with Crippen LogP contribution in [0.1, 0.15) is 62.2 Å². The van der Waals surface area contributed by atoms with Gasteiger partial charge in [0.1, 0.15) is 11.5 Å². The van der Waals surface area contributed by atoms with Crippen LogP contribution in [-0.4, -0.2) is 22.4 Å². The van der Waals surface area contributed by atoms with Gasteiger partial charge in [0.05, 0.1) is 6.10 Å². The van der Waals surface area contributed by atoms with Crippen LogP contribution in [0.25, 0.3) is 0 Å². The van der Waals surface area contributed by atoms with Crippen molar-refractivity contribution in [3.63, 3.8) is 0 Å². The van der Waals surface area contributed by atoms with E-state index < -0.39 is 16.6 Å². The predicted octanol–water partition coefficient (Wildman–Crippen LogP) is 6.68. The number of ketones is 1. The predicted molar refractivity (Wildman–Crippen MR) is 124 cm³/mol. The van der Waals surface area contributed by atoms with Crippen LogP contribution in [-0.2, 0) is 9.22 Å². The highest BCUT2D eigenvalue weighted by Gasteiger charge is 2.55. The molecule has 0 aliphatic heterocycles. The van der Waals surface area contributed by atoms with Crippen molar-refractivity contribution in [3.05, 3.63) is 29.3 Å². The van der Waals surface area contributed by atoms with Crippen LogP contribution in [0.3, 0.4) is 0 Å². The Kier molecular flexibility index (Phi) is 5.19. The Bertz CT molecular complexity index is 807. The van der Waals surface area contributed by atoms with Crippen LogP contribution in [0.4, 0.5) is 0 Å². The normalized spacial score (nSPS) is 34.4. The van der Waals surface area contributed by atoms with Crippen molar-refractivity contribution >= 4 is 22.4 Å². The molecule has 1 aromatic rings. The molecule has 3 aliphatic rings. The Morgan fingerprint density at radius 2 is 1.72 bits per heavy atom. The number of carbonyl (C=O) groups excluding carboxylic acids is 1. The monoisotopic (exact) mass is 430 g/mol. The molecule has 0 aromatic heterocycles. The molecule has 2 fully saturated rings. The molecule has 0 saturated heterocycles. The van der Waals surface area contributed by atoms with E-state index in [0.717, 1.165) is 37.9 Å². The largest absolute Gasteiger partial charge is 0.544 e. The Balaban J connectivity index is 1.73. The molecule has 5 unspecified atom stereocenters. The van der Waals surface area contributed by atoms with Crippen LogP contribution in [0.5, 0.6) is 5.75 Å². The number of Topliss-reactive ketones (excluding diaryl/α,β-unsaturated/α-hetero) is 1. The van der Waals surface area contributed by atoms with Crippen molar-refractivity contribution in [1.82, 2.24) is 0 Å². The van der Waals surface area contributed by atoms with E-state index in [2.05, 4.69) is 64.4 Å². The van der Waals surface area contributed by atoms with E-state index in [1.54, 1.807) is 0 Å². The van der Waals surface area contributed by atoms with E-state index in [1.165, 1.54) is 11.1 Å². The second-order valence-corrected chi connectivity index (χ2v) is 20.6. The number of hydrogen-bond acceptors (Lipinski definition) is 3. The van der Waals surface area contributed by atoms with Gasteiger partial charge in [-0.1, -0.05) is 13.0 Å². The molecule has 5 heteroatoms. The molecule has 0 N–H and O–H groups in total. The molecule has 4 rings (SSSR count). The first-order chi connectivity index (χ1) is 13.4. The maximum atomic E-state index is 12.7. The van der Waals surface area contributed by atoms with Gasteiger partial charge in [-0.15, -0.1) is 0 Å². The Morgan fingerprint density at radius 3 is 2.38 bits per heavy atom. The molecule has 0 spiro atoms. The van der Waals surface area contributed by atoms with Gasteiger partial charge in [-0.05, 0) is 106 Å². The zero-order valence-corrected chi connectivity index (χ0v) is 21.3. The average Bonchev–Trinajstić information content (AvgIpc) is 2.88. The number of rotatable bonds is 4. The van der Waals surface area contributed by atoms with Crippen molar-refractivity contribution in [2.45, 2.75) is 90.3 Å². The van der Waals surface area contributed by atoms with Gasteiger partial charge >= 0.3 is 0 Å². The standard InChI is InChI=1S/C24H38O3Si2/c1-24-13-12-18-17-9-8-16(26-28(2,3)4)14-20(17)22(27-29(5,6)7)15-19(18)21(24)10-11-23(24)25/h8-9,14,18-19,21-22H,10-13,15H2,1-7H3. The first-order valence-electron chi connectivity index (χ1n) is 11.4. The van der Waals surface area contributed by atoms with E-state index >= 15 is 0 Å². The summed E-state index contributed by atoms with van der Waals surface area (Å²) in [4.78, 5) is 12.7. The van der Waals surface area contributed by atoms with E-state index in [9.17, 15) is 4.79 Å². The van der Waals surface area contributed by atoms with Crippen molar-refractivity contribution in [1.29, 1.82) is 0 Å². The van der Waals surface area contributed by atoms with E-state index in [0.29, 0.717) is 23.5 Å². The molecule has 2 saturated carbocycles. The summed E-state index contributed by atoms with van der Waals surface area (Å²) in [6.07, 6.45) is 5.23. The molecule has 5 atom stereocenters. The fourth-order valence-corrected chi connectivity index (χ4v) is 8.18. The lowest BCUT2D eigenvalue weighted by Crippen LogP contribution is -2.44. The highest BCUT2D eigenvalue weighted by atomic mass is 28.4. The summed E-state index contributed by atoms with van der Waals surface area (Å²) >= 11 is 0. The first kappa shape index (κ1) is 21.3. The summed E-state index contributed by atoms with van der Waals surface area (Å²) in [5.74, 6) is 3.16. The molecule has 0 bridgehead atoms. The molecule has 3 nitrogen and oxygen atoms in total. The Morgan fingerprint density at radius 1 is 1.00 bits per heavy atom. The highest BCUT2D eigenvalue weighted by Crippen LogP contribution is 2.61. The lowest BCUT2D eigenvalue weighted by molar-refractivity contribution is -0.129. The van der Waals surface area contributed by atoms with Crippen molar-refractivity contribution < 1.29 is 13.6 Å². The summed E-state index contributed by atoms with van der Waals surface area (Å²) < 4.78 is 13.1. The zero-order valence-electron chi connectivity index (χ0n) is 19.3. The molecular formula is C24H38O3Si2. The van der Waals surface area contributed by atoms with E-state index in [1.807, 2.05) is 0 Å². The molecule has 160 valence electrons. The van der Waals surface area contributed by atoms with Crippen molar-refractivity contribution in [3.8, 4) is 5.75 Å². The minimum atomic E-state index is -1.70. The van der Waals surface area contributed by atoms with Crippen LogP contribution in [0.15, 0.2) is 18.2 Å². The average molecular weight is 431 g/mol. The summed E-state index contributed by atoms with van der Waals surface area (Å²) in [6.45, 7) is 15.8. The van der Waals surface area contributed by atoms with Gasteiger partial charge in [-0.25, -0.2) is 0 Å². The SMILES string of the molecule is CC12CCC3c4ccc(O[Si](C)(C)C)cc4C(O[Si](C)(C)C)CC3C1CCC2=O. The molecule has 1 aromatic carbocycles. The van der Waals surface area contributed by atoms with Crippen LogP contribution >= 0.6 is 0 Å². The number of benzene rings is 1. The van der Waals surface area contributed by atoms with Crippen LogP contribution < -0.4 is 4.43 Å². The Labute approximate surface area is 178 Å². The van der Waals surface area contributed by atoms with Gasteiger partial charge < -0.3 is 8.85 Å². The summed E-state index contributed by atoms with van der Waals surface area (Å²) in [6, 6.07) is 6.78. The van der Waals surface area contributed by atoms with Crippen LogP contribution in [0.2, 0.25) is 39.3 Å². The van der Waals surface area contributed by atoms with Gasteiger partial charge in [-0.2, -0.15) is 0 Å². The fourth-order valence-electron chi connectivity index (χ4n) is 6.27. The van der Waals surface area contributed by atoms with Crippen LogP contribution in [0, 0.1) is 17.3 Å². The molecule has 0 amide bonds. The third kappa shape index (κ3) is 4.02.